The number of unbranched alkanes of at least 4 members (excludes halogenated alkanes) is 3. The van der Waals surface area contributed by atoms with Crippen LogP contribution in [0.25, 0.3) is 5.57 Å². The molecular formula is C20H27N. The third kappa shape index (κ3) is 6.40. The van der Waals surface area contributed by atoms with Crippen LogP contribution in [0.3, 0.4) is 0 Å². The van der Waals surface area contributed by atoms with E-state index in [1.165, 1.54) is 36.8 Å². The van der Waals surface area contributed by atoms with E-state index in [1.54, 1.807) is 6.20 Å². The fraction of sp³-hybridized carbons (Fsp3) is 0.350. The van der Waals surface area contributed by atoms with Gasteiger partial charge in [-0.25, -0.2) is 0 Å². The lowest BCUT2D eigenvalue weighted by Crippen LogP contribution is -1.88. The first-order valence-electron chi connectivity index (χ1n) is 7.81. The van der Waals surface area contributed by atoms with E-state index in [4.69, 9.17) is 0 Å². The highest BCUT2D eigenvalue weighted by Crippen LogP contribution is 2.19. The lowest BCUT2D eigenvalue weighted by Gasteiger charge is -2.07. The Balaban J connectivity index is 2.55. The van der Waals surface area contributed by atoms with Crippen molar-refractivity contribution in [2.75, 3.05) is 0 Å². The third-order valence-corrected chi connectivity index (χ3v) is 3.51. The molecule has 0 aliphatic heterocycles. The van der Waals surface area contributed by atoms with E-state index in [2.05, 4.69) is 44.1 Å². The zero-order valence-corrected chi connectivity index (χ0v) is 13.4. The second kappa shape index (κ2) is 9.93. The maximum atomic E-state index is 4.30. The summed E-state index contributed by atoms with van der Waals surface area (Å²) >= 11 is 0. The summed E-state index contributed by atoms with van der Waals surface area (Å²) in [5.41, 5.74) is 4.24. The van der Waals surface area contributed by atoms with Crippen LogP contribution in [-0.4, -0.2) is 4.98 Å². The van der Waals surface area contributed by atoms with E-state index in [1.807, 2.05) is 24.3 Å². The summed E-state index contributed by atoms with van der Waals surface area (Å²) in [6.07, 6.45) is 14.2. The van der Waals surface area contributed by atoms with Crippen LogP contribution in [0.5, 0.6) is 0 Å². The van der Waals surface area contributed by atoms with Gasteiger partial charge in [0.1, 0.15) is 0 Å². The van der Waals surface area contributed by atoms with Gasteiger partial charge < -0.3 is 0 Å². The fourth-order valence-electron chi connectivity index (χ4n) is 2.16. The van der Waals surface area contributed by atoms with Crippen molar-refractivity contribution in [3.05, 3.63) is 72.6 Å². The first-order valence-corrected chi connectivity index (χ1v) is 7.81. The molecule has 0 unspecified atom stereocenters. The van der Waals surface area contributed by atoms with Gasteiger partial charge in [-0.05, 0) is 48.6 Å². The van der Waals surface area contributed by atoms with Crippen LogP contribution in [-0.2, 0) is 0 Å². The quantitative estimate of drug-likeness (QED) is 0.392. The highest BCUT2D eigenvalue weighted by molar-refractivity contribution is 5.70. The monoisotopic (exact) mass is 281 g/mol. The van der Waals surface area contributed by atoms with Gasteiger partial charge in [-0.3, -0.25) is 4.98 Å². The molecule has 0 amide bonds. The summed E-state index contributed by atoms with van der Waals surface area (Å²) in [6.45, 7) is 12.6. The van der Waals surface area contributed by atoms with Crippen LogP contribution in [0.2, 0.25) is 0 Å². The summed E-state index contributed by atoms with van der Waals surface area (Å²) in [5.74, 6) is 0. The van der Waals surface area contributed by atoms with Crippen molar-refractivity contribution in [1.29, 1.82) is 0 Å². The summed E-state index contributed by atoms with van der Waals surface area (Å²) in [7, 11) is 0. The van der Waals surface area contributed by atoms with Gasteiger partial charge in [0.2, 0.25) is 0 Å². The third-order valence-electron chi connectivity index (χ3n) is 3.51. The van der Waals surface area contributed by atoms with Crippen LogP contribution in [0.4, 0.5) is 0 Å². The molecule has 0 aliphatic carbocycles. The van der Waals surface area contributed by atoms with Gasteiger partial charge in [0, 0.05) is 6.20 Å². The standard InChI is InChI=1S/C20H27N/c1-5-7-8-9-12-17(3)19(6-2)15-14-18(4)20-13-10-11-16-21-20/h6,10-11,13-16H,3-5,7-9,12H2,1-2H3/b15-14-,19-6+. The Kier molecular flexibility index (Phi) is 8.11. The molecule has 21 heavy (non-hydrogen) atoms. The molecule has 0 N–H and O–H groups in total. The molecule has 1 nitrogen and oxygen atoms in total. The molecule has 0 aromatic carbocycles. The fourth-order valence-corrected chi connectivity index (χ4v) is 2.16. The van der Waals surface area contributed by atoms with Crippen LogP contribution < -0.4 is 0 Å². The normalized spacial score (nSPS) is 11.8. The molecule has 112 valence electrons. The van der Waals surface area contributed by atoms with E-state index >= 15 is 0 Å². The Morgan fingerprint density at radius 2 is 1.95 bits per heavy atom. The minimum atomic E-state index is 0.915. The van der Waals surface area contributed by atoms with Gasteiger partial charge in [0.05, 0.1) is 5.69 Å². The maximum absolute atomic E-state index is 4.30. The maximum Gasteiger partial charge on any atom is 0.0695 e. The smallest absolute Gasteiger partial charge is 0.0695 e. The second-order valence-electron chi connectivity index (χ2n) is 5.23. The molecular weight excluding hydrogens is 254 g/mol. The Hall–Kier alpha value is -1.89. The van der Waals surface area contributed by atoms with E-state index in [9.17, 15) is 0 Å². The van der Waals surface area contributed by atoms with Crippen molar-refractivity contribution in [3.8, 4) is 0 Å². The van der Waals surface area contributed by atoms with Crippen molar-refractivity contribution in [2.24, 2.45) is 0 Å². The molecule has 1 heterocycles. The number of hydrogen-bond acceptors (Lipinski definition) is 1. The van der Waals surface area contributed by atoms with Gasteiger partial charge in [-0.2, -0.15) is 0 Å². The summed E-state index contributed by atoms with van der Waals surface area (Å²) in [4.78, 5) is 4.30. The molecule has 1 rings (SSSR count). The van der Waals surface area contributed by atoms with Gasteiger partial charge in [-0.1, -0.05) is 63.6 Å². The number of aromatic nitrogens is 1. The zero-order valence-electron chi connectivity index (χ0n) is 13.4. The highest BCUT2D eigenvalue weighted by Gasteiger charge is 2.00. The first kappa shape index (κ1) is 17.2. The van der Waals surface area contributed by atoms with Crippen LogP contribution in [0, 0.1) is 0 Å². The molecule has 0 saturated carbocycles. The molecule has 1 aromatic rings. The zero-order chi connectivity index (χ0) is 15.5. The summed E-state index contributed by atoms with van der Waals surface area (Å²) in [6, 6.07) is 5.86. The molecule has 0 radical (unpaired) electrons. The highest BCUT2D eigenvalue weighted by atomic mass is 14.7. The van der Waals surface area contributed by atoms with E-state index in [0.29, 0.717) is 0 Å². The number of hydrogen-bond donors (Lipinski definition) is 0. The predicted octanol–water partition coefficient (Wildman–Crippen LogP) is 6.12. The minimum absolute atomic E-state index is 0.915. The molecule has 0 aliphatic rings. The van der Waals surface area contributed by atoms with Crippen molar-refractivity contribution in [3.63, 3.8) is 0 Å². The molecule has 0 saturated heterocycles. The van der Waals surface area contributed by atoms with Gasteiger partial charge in [0.15, 0.2) is 0 Å². The van der Waals surface area contributed by atoms with Gasteiger partial charge in [0.25, 0.3) is 0 Å². The minimum Gasteiger partial charge on any atom is -0.256 e. The topological polar surface area (TPSA) is 12.9 Å². The molecule has 0 bridgehead atoms. The van der Waals surface area contributed by atoms with Crippen molar-refractivity contribution in [2.45, 2.75) is 46.0 Å². The molecule has 0 atom stereocenters. The average Bonchev–Trinajstić information content (AvgIpc) is 2.52. The molecule has 1 heteroatoms. The second-order valence-corrected chi connectivity index (χ2v) is 5.23. The Morgan fingerprint density at radius 1 is 1.14 bits per heavy atom. The van der Waals surface area contributed by atoms with Crippen molar-refractivity contribution in [1.82, 2.24) is 4.98 Å². The lowest BCUT2D eigenvalue weighted by molar-refractivity contribution is 0.667. The van der Waals surface area contributed by atoms with E-state index in [-0.39, 0.29) is 0 Å². The Bertz CT molecular complexity index is 506. The van der Waals surface area contributed by atoms with Crippen LogP contribution in [0.1, 0.15) is 51.6 Å². The average molecular weight is 281 g/mol. The van der Waals surface area contributed by atoms with E-state index < -0.39 is 0 Å². The SMILES string of the molecule is C=C(CCCCCC)C(/C=C\C(=C)c1ccccn1)=C/C. The number of rotatable bonds is 9. The Labute approximate surface area is 129 Å². The van der Waals surface area contributed by atoms with Gasteiger partial charge in [-0.15, -0.1) is 0 Å². The van der Waals surface area contributed by atoms with Crippen molar-refractivity contribution >= 4 is 5.57 Å². The predicted molar refractivity (Wildman–Crippen MR) is 94.1 cm³/mol. The lowest BCUT2D eigenvalue weighted by atomic mass is 9.99. The van der Waals surface area contributed by atoms with E-state index in [0.717, 1.165) is 17.7 Å². The van der Waals surface area contributed by atoms with Crippen LogP contribution in [0.15, 0.2) is 66.9 Å². The summed E-state index contributed by atoms with van der Waals surface area (Å²) < 4.78 is 0. The number of pyridine rings is 1. The molecule has 1 aromatic heterocycles. The number of allylic oxidation sites excluding steroid dienone is 6. The summed E-state index contributed by atoms with van der Waals surface area (Å²) in [5, 5.41) is 0. The van der Waals surface area contributed by atoms with Crippen LogP contribution >= 0.6 is 0 Å². The first-order chi connectivity index (χ1) is 10.2. The molecule has 0 spiro atoms. The Morgan fingerprint density at radius 3 is 2.57 bits per heavy atom. The molecule has 0 fully saturated rings. The largest absolute Gasteiger partial charge is 0.256 e. The number of nitrogens with zero attached hydrogens (tertiary/aromatic N) is 1. The van der Waals surface area contributed by atoms with Gasteiger partial charge >= 0.3 is 0 Å². The van der Waals surface area contributed by atoms with Crippen molar-refractivity contribution < 1.29 is 0 Å².